The van der Waals surface area contributed by atoms with Gasteiger partial charge in [0, 0.05) is 10.7 Å². The maximum Gasteiger partial charge on any atom is 0.300 e. The molecule has 1 atom stereocenters. The fourth-order valence-corrected chi connectivity index (χ4v) is 4.56. The van der Waals surface area contributed by atoms with E-state index in [9.17, 15) is 14.7 Å². The number of Topliss-reactive ketones (excluding diaryl/α,β-unsaturated/α-hetero) is 1. The molecule has 0 aliphatic carbocycles. The van der Waals surface area contributed by atoms with Crippen LogP contribution in [0.3, 0.4) is 0 Å². The molecule has 1 aliphatic rings. The van der Waals surface area contributed by atoms with Gasteiger partial charge in [-0.3, -0.25) is 14.5 Å². The number of carbonyl (C=O) groups is 2. The van der Waals surface area contributed by atoms with E-state index in [4.69, 9.17) is 21.1 Å². The van der Waals surface area contributed by atoms with Gasteiger partial charge < -0.3 is 14.6 Å². The molecule has 3 aromatic rings. The van der Waals surface area contributed by atoms with Gasteiger partial charge >= 0.3 is 0 Å². The molecule has 7 heteroatoms. The van der Waals surface area contributed by atoms with Crippen molar-refractivity contribution >= 4 is 34.7 Å². The molecule has 0 aromatic heterocycles. The molecule has 37 heavy (non-hydrogen) atoms. The highest BCUT2D eigenvalue weighted by molar-refractivity contribution is 6.51. The van der Waals surface area contributed by atoms with E-state index in [1.807, 2.05) is 13.0 Å². The zero-order chi connectivity index (χ0) is 26.9. The van der Waals surface area contributed by atoms with Crippen molar-refractivity contribution in [3.63, 3.8) is 0 Å². The van der Waals surface area contributed by atoms with E-state index in [0.29, 0.717) is 39.9 Å². The van der Waals surface area contributed by atoms with Crippen LogP contribution in [0, 0.1) is 0 Å². The van der Waals surface area contributed by atoms with E-state index in [2.05, 4.69) is 20.8 Å². The molecule has 1 N–H and O–H groups in total. The first-order chi connectivity index (χ1) is 17.6. The molecule has 3 aromatic carbocycles. The fraction of sp³-hybridized carbons (Fsp3) is 0.267. The van der Waals surface area contributed by atoms with Crippen molar-refractivity contribution in [2.24, 2.45) is 0 Å². The van der Waals surface area contributed by atoms with Gasteiger partial charge in [0.05, 0.1) is 30.9 Å². The number of halogens is 1. The SMILES string of the molecule is CCOc1ccc(N2C(=O)C(=O)/C(=C(/O)c3cc(C(C)(C)C)ccc3OC)C2c2ccc(Cl)cc2)cc1. The van der Waals surface area contributed by atoms with Gasteiger partial charge in [0.15, 0.2) is 0 Å². The summed E-state index contributed by atoms with van der Waals surface area (Å²) in [5.74, 6) is -0.775. The fourth-order valence-electron chi connectivity index (χ4n) is 4.43. The van der Waals surface area contributed by atoms with Crippen LogP contribution in [0.1, 0.15) is 50.4 Å². The summed E-state index contributed by atoms with van der Waals surface area (Å²) in [5.41, 5.74) is 2.18. The minimum absolute atomic E-state index is 0.0226. The highest BCUT2D eigenvalue weighted by Gasteiger charge is 2.47. The quantitative estimate of drug-likeness (QED) is 0.223. The van der Waals surface area contributed by atoms with Gasteiger partial charge in [0.1, 0.15) is 17.3 Å². The first-order valence-corrected chi connectivity index (χ1v) is 12.4. The number of anilines is 1. The van der Waals surface area contributed by atoms with Gasteiger partial charge in [-0.1, -0.05) is 50.6 Å². The van der Waals surface area contributed by atoms with Crippen LogP contribution >= 0.6 is 11.6 Å². The van der Waals surface area contributed by atoms with E-state index >= 15 is 0 Å². The maximum absolute atomic E-state index is 13.5. The van der Waals surface area contributed by atoms with Crippen LogP contribution < -0.4 is 14.4 Å². The summed E-state index contributed by atoms with van der Waals surface area (Å²) in [4.78, 5) is 28.3. The largest absolute Gasteiger partial charge is 0.507 e. The summed E-state index contributed by atoms with van der Waals surface area (Å²) in [7, 11) is 1.50. The topological polar surface area (TPSA) is 76.1 Å². The van der Waals surface area contributed by atoms with E-state index < -0.39 is 17.7 Å². The van der Waals surface area contributed by atoms with Crippen LogP contribution in [0.25, 0.3) is 5.76 Å². The molecule has 4 rings (SSSR count). The van der Waals surface area contributed by atoms with Crippen molar-refractivity contribution in [1.82, 2.24) is 0 Å². The van der Waals surface area contributed by atoms with Gasteiger partial charge in [-0.25, -0.2) is 0 Å². The Kier molecular flexibility index (Phi) is 7.32. The molecule has 0 radical (unpaired) electrons. The Bertz CT molecular complexity index is 1350. The highest BCUT2D eigenvalue weighted by atomic mass is 35.5. The Balaban J connectivity index is 1.95. The van der Waals surface area contributed by atoms with Crippen molar-refractivity contribution in [2.75, 3.05) is 18.6 Å². The van der Waals surface area contributed by atoms with Gasteiger partial charge in [-0.2, -0.15) is 0 Å². The molecule has 0 saturated carbocycles. The van der Waals surface area contributed by atoms with Crippen molar-refractivity contribution < 1.29 is 24.2 Å². The van der Waals surface area contributed by atoms with Crippen LogP contribution in [-0.2, 0) is 15.0 Å². The Morgan fingerprint density at radius 3 is 2.22 bits per heavy atom. The molecule has 1 saturated heterocycles. The number of benzene rings is 3. The van der Waals surface area contributed by atoms with Crippen molar-refractivity contribution in [1.29, 1.82) is 0 Å². The summed E-state index contributed by atoms with van der Waals surface area (Å²) in [5, 5.41) is 12.1. The lowest BCUT2D eigenvalue weighted by molar-refractivity contribution is -0.132. The third-order valence-corrected chi connectivity index (χ3v) is 6.63. The Morgan fingerprint density at radius 1 is 1.00 bits per heavy atom. The number of nitrogens with zero attached hydrogens (tertiary/aromatic N) is 1. The van der Waals surface area contributed by atoms with Crippen LogP contribution in [0.5, 0.6) is 11.5 Å². The van der Waals surface area contributed by atoms with Gasteiger partial charge in [-0.05, 0) is 72.0 Å². The molecular formula is C30H30ClNO5. The van der Waals surface area contributed by atoms with E-state index in [-0.39, 0.29) is 16.7 Å². The first-order valence-electron chi connectivity index (χ1n) is 12.0. The molecule has 1 fully saturated rings. The van der Waals surface area contributed by atoms with E-state index in [0.717, 1.165) is 5.56 Å². The minimum atomic E-state index is -0.877. The molecule has 0 bridgehead atoms. The molecule has 1 unspecified atom stereocenters. The maximum atomic E-state index is 13.5. The minimum Gasteiger partial charge on any atom is -0.507 e. The molecule has 1 amide bonds. The Hall–Kier alpha value is -3.77. The molecule has 6 nitrogen and oxygen atoms in total. The Morgan fingerprint density at radius 2 is 1.65 bits per heavy atom. The molecule has 1 heterocycles. The van der Waals surface area contributed by atoms with Gasteiger partial charge in [-0.15, -0.1) is 0 Å². The number of ether oxygens (including phenoxy) is 2. The molecule has 192 valence electrons. The van der Waals surface area contributed by atoms with Gasteiger partial charge in [0.2, 0.25) is 0 Å². The number of hydrogen-bond acceptors (Lipinski definition) is 5. The lowest BCUT2D eigenvalue weighted by Gasteiger charge is -2.26. The van der Waals surface area contributed by atoms with Crippen molar-refractivity contribution in [2.45, 2.75) is 39.2 Å². The monoisotopic (exact) mass is 519 g/mol. The summed E-state index contributed by atoms with van der Waals surface area (Å²) in [6.07, 6.45) is 0. The van der Waals surface area contributed by atoms with E-state index in [1.54, 1.807) is 60.7 Å². The predicted octanol–water partition coefficient (Wildman–Crippen LogP) is 6.67. The number of methoxy groups -OCH3 is 1. The number of aliphatic hydroxyl groups excluding tert-OH is 1. The summed E-state index contributed by atoms with van der Waals surface area (Å²) in [6, 6.07) is 18.4. The average molecular weight is 520 g/mol. The van der Waals surface area contributed by atoms with Crippen LogP contribution in [0.15, 0.2) is 72.3 Å². The summed E-state index contributed by atoms with van der Waals surface area (Å²) < 4.78 is 11.1. The summed E-state index contributed by atoms with van der Waals surface area (Å²) >= 11 is 6.13. The molecule has 0 spiro atoms. The lowest BCUT2D eigenvalue weighted by Crippen LogP contribution is -2.29. The number of carbonyl (C=O) groups excluding carboxylic acids is 2. The molecular weight excluding hydrogens is 490 g/mol. The van der Waals surface area contributed by atoms with Crippen molar-refractivity contribution in [3.8, 4) is 11.5 Å². The number of rotatable bonds is 6. The smallest absolute Gasteiger partial charge is 0.300 e. The third-order valence-electron chi connectivity index (χ3n) is 6.38. The van der Waals surface area contributed by atoms with Crippen molar-refractivity contribution in [3.05, 3.63) is 94.0 Å². The normalized spacial score (nSPS) is 17.2. The number of aliphatic hydroxyl groups is 1. The number of hydrogen-bond donors (Lipinski definition) is 1. The average Bonchev–Trinajstić information content (AvgIpc) is 3.14. The first kappa shape index (κ1) is 26.3. The van der Waals surface area contributed by atoms with Crippen LogP contribution in [0.4, 0.5) is 5.69 Å². The van der Waals surface area contributed by atoms with Gasteiger partial charge in [0.25, 0.3) is 11.7 Å². The second kappa shape index (κ2) is 10.3. The molecule has 1 aliphatic heterocycles. The standard InChI is InChI=1S/C30H30ClNO5/c1-6-37-22-14-12-21(13-15-22)32-26(18-7-10-20(31)11-8-18)25(28(34)29(32)35)27(33)23-17-19(30(2,3)4)9-16-24(23)36-5/h7-17,26,33H,6H2,1-5H3/b27-25+. The lowest BCUT2D eigenvalue weighted by atomic mass is 9.85. The number of amides is 1. The zero-order valence-electron chi connectivity index (χ0n) is 21.5. The van der Waals surface area contributed by atoms with E-state index in [1.165, 1.54) is 12.0 Å². The number of ketones is 1. The second-order valence-corrected chi connectivity index (χ2v) is 10.2. The third kappa shape index (κ3) is 5.07. The zero-order valence-corrected chi connectivity index (χ0v) is 22.3. The van der Waals surface area contributed by atoms with Crippen LogP contribution in [0.2, 0.25) is 5.02 Å². The Labute approximate surface area is 222 Å². The predicted molar refractivity (Wildman–Crippen MR) is 146 cm³/mol. The summed E-state index contributed by atoms with van der Waals surface area (Å²) in [6.45, 7) is 8.55. The second-order valence-electron chi connectivity index (χ2n) is 9.81. The van der Waals surface area contributed by atoms with Crippen LogP contribution in [-0.4, -0.2) is 30.5 Å². The highest BCUT2D eigenvalue weighted by Crippen LogP contribution is 2.44.